The predicted octanol–water partition coefficient (Wildman–Crippen LogP) is 3.98. The summed E-state index contributed by atoms with van der Waals surface area (Å²) in [7, 11) is 0. The van der Waals surface area contributed by atoms with Crippen molar-refractivity contribution in [3.63, 3.8) is 0 Å². The Hall–Kier alpha value is -1.09. The van der Waals surface area contributed by atoms with Gasteiger partial charge in [0, 0.05) is 12.7 Å². The second-order valence-electron chi connectivity index (χ2n) is 6.26. The Morgan fingerprint density at radius 3 is 2.90 bits per heavy atom. The molecule has 1 aromatic heterocycles. The van der Waals surface area contributed by atoms with Crippen LogP contribution >= 0.6 is 0 Å². The highest BCUT2D eigenvalue weighted by atomic mass is 15.3. The Labute approximate surface area is 122 Å². The predicted molar refractivity (Wildman–Crippen MR) is 82.6 cm³/mol. The minimum atomic E-state index is 0.654. The van der Waals surface area contributed by atoms with E-state index in [2.05, 4.69) is 28.3 Å². The molecule has 0 amide bonds. The first kappa shape index (κ1) is 13.9. The maximum absolute atomic E-state index is 4.74. The Balaban J connectivity index is 1.40. The molecule has 0 atom stereocenters. The first-order valence-electron chi connectivity index (χ1n) is 8.34. The fourth-order valence-electron chi connectivity index (χ4n) is 3.45. The molecular weight excluding hydrogens is 246 g/mol. The van der Waals surface area contributed by atoms with Gasteiger partial charge in [0.2, 0.25) is 0 Å². The molecule has 20 heavy (non-hydrogen) atoms. The summed E-state index contributed by atoms with van der Waals surface area (Å²) in [6, 6.07) is 2.83. The van der Waals surface area contributed by atoms with Crippen molar-refractivity contribution >= 4 is 0 Å². The fraction of sp³-hybridized carbons (Fsp3) is 0.706. The zero-order valence-corrected chi connectivity index (χ0v) is 12.5. The highest BCUT2D eigenvalue weighted by Crippen LogP contribution is 2.27. The zero-order chi connectivity index (χ0) is 13.6. The molecule has 110 valence electrons. The van der Waals surface area contributed by atoms with E-state index >= 15 is 0 Å². The fourth-order valence-corrected chi connectivity index (χ4v) is 3.45. The first-order valence-corrected chi connectivity index (χ1v) is 8.34. The van der Waals surface area contributed by atoms with Crippen molar-refractivity contribution in [3.05, 3.63) is 29.6 Å². The van der Waals surface area contributed by atoms with Crippen LogP contribution in [0.2, 0.25) is 0 Å². The van der Waals surface area contributed by atoms with Crippen molar-refractivity contribution in [2.75, 3.05) is 6.54 Å². The summed E-state index contributed by atoms with van der Waals surface area (Å²) in [4.78, 5) is 0. The van der Waals surface area contributed by atoms with Gasteiger partial charge in [0.15, 0.2) is 0 Å². The summed E-state index contributed by atoms with van der Waals surface area (Å²) in [6.45, 7) is 2.00. The van der Waals surface area contributed by atoms with Crippen LogP contribution in [0.15, 0.2) is 23.9 Å². The Morgan fingerprint density at radius 1 is 1.20 bits per heavy atom. The molecule has 0 bridgehead atoms. The van der Waals surface area contributed by atoms with E-state index in [0.717, 1.165) is 13.1 Å². The first-order chi connectivity index (χ1) is 9.92. The highest BCUT2D eigenvalue weighted by Gasteiger charge is 2.15. The van der Waals surface area contributed by atoms with Gasteiger partial charge >= 0.3 is 0 Å². The van der Waals surface area contributed by atoms with Gasteiger partial charge in [0.25, 0.3) is 0 Å². The maximum atomic E-state index is 4.74. The highest BCUT2D eigenvalue weighted by molar-refractivity contribution is 5.07. The molecule has 0 aromatic carbocycles. The molecule has 0 unspecified atom stereocenters. The molecule has 1 aromatic rings. The normalized spacial score (nSPS) is 20.3. The van der Waals surface area contributed by atoms with Gasteiger partial charge < -0.3 is 5.32 Å². The van der Waals surface area contributed by atoms with Crippen LogP contribution in [0.4, 0.5) is 0 Å². The molecule has 0 spiro atoms. The second kappa shape index (κ2) is 7.07. The third kappa shape index (κ3) is 3.72. The van der Waals surface area contributed by atoms with Crippen LogP contribution in [-0.4, -0.2) is 16.3 Å². The van der Waals surface area contributed by atoms with Crippen LogP contribution in [0, 0.1) is 0 Å². The van der Waals surface area contributed by atoms with E-state index in [-0.39, 0.29) is 0 Å². The molecule has 1 N–H and O–H groups in total. The topological polar surface area (TPSA) is 29.9 Å². The Morgan fingerprint density at radius 2 is 2.10 bits per heavy atom. The molecular formula is C17H27N3. The average Bonchev–Trinajstić information content (AvgIpc) is 3.16. The molecule has 1 saturated carbocycles. The SMILES string of the molecule is C1=C(CCNCc2ccn(C3CCCCC3)n2)CCC1. The minimum Gasteiger partial charge on any atom is -0.311 e. The Bertz CT molecular complexity index is 441. The molecule has 1 fully saturated rings. The minimum absolute atomic E-state index is 0.654. The van der Waals surface area contributed by atoms with E-state index in [4.69, 9.17) is 5.10 Å². The van der Waals surface area contributed by atoms with Crippen LogP contribution < -0.4 is 5.32 Å². The van der Waals surface area contributed by atoms with E-state index in [1.165, 1.54) is 63.5 Å². The summed E-state index contributed by atoms with van der Waals surface area (Å²) in [5.74, 6) is 0. The molecule has 0 saturated heterocycles. The van der Waals surface area contributed by atoms with E-state index in [0.29, 0.717) is 6.04 Å². The van der Waals surface area contributed by atoms with Crippen molar-refractivity contribution < 1.29 is 0 Å². The lowest BCUT2D eigenvalue weighted by molar-refractivity contribution is 0.327. The summed E-state index contributed by atoms with van der Waals surface area (Å²) < 4.78 is 2.20. The van der Waals surface area contributed by atoms with Gasteiger partial charge in [-0.25, -0.2) is 0 Å². The summed E-state index contributed by atoms with van der Waals surface area (Å²) in [6.07, 6.45) is 16.5. The van der Waals surface area contributed by atoms with Crippen LogP contribution in [-0.2, 0) is 6.54 Å². The maximum Gasteiger partial charge on any atom is 0.0762 e. The van der Waals surface area contributed by atoms with Gasteiger partial charge in [0.1, 0.15) is 0 Å². The summed E-state index contributed by atoms with van der Waals surface area (Å²) in [5, 5.41) is 8.27. The van der Waals surface area contributed by atoms with E-state index in [1.54, 1.807) is 5.57 Å². The van der Waals surface area contributed by atoms with E-state index < -0.39 is 0 Å². The third-order valence-electron chi connectivity index (χ3n) is 4.68. The van der Waals surface area contributed by atoms with Crippen molar-refractivity contribution in [3.8, 4) is 0 Å². The van der Waals surface area contributed by atoms with Crippen molar-refractivity contribution in [1.82, 2.24) is 15.1 Å². The summed E-state index contributed by atoms with van der Waals surface area (Å²) >= 11 is 0. The molecule has 2 aliphatic rings. The zero-order valence-electron chi connectivity index (χ0n) is 12.5. The molecule has 2 aliphatic carbocycles. The van der Waals surface area contributed by atoms with Gasteiger partial charge in [-0.1, -0.05) is 30.9 Å². The molecule has 0 aliphatic heterocycles. The number of aromatic nitrogens is 2. The number of allylic oxidation sites excluding steroid dienone is 1. The molecule has 3 nitrogen and oxygen atoms in total. The van der Waals surface area contributed by atoms with Gasteiger partial charge in [-0.2, -0.15) is 5.10 Å². The number of hydrogen-bond donors (Lipinski definition) is 1. The number of hydrogen-bond acceptors (Lipinski definition) is 2. The van der Waals surface area contributed by atoms with Crippen LogP contribution in [0.1, 0.15) is 69.5 Å². The van der Waals surface area contributed by atoms with Crippen LogP contribution in [0.25, 0.3) is 0 Å². The van der Waals surface area contributed by atoms with Crippen LogP contribution in [0.5, 0.6) is 0 Å². The molecule has 1 heterocycles. The third-order valence-corrected chi connectivity index (χ3v) is 4.68. The second-order valence-corrected chi connectivity index (χ2v) is 6.26. The number of rotatable bonds is 6. The van der Waals surface area contributed by atoms with Crippen molar-refractivity contribution in [2.45, 2.75) is 70.4 Å². The smallest absolute Gasteiger partial charge is 0.0762 e. The van der Waals surface area contributed by atoms with Gasteiger partial charge in [0.05, 0.1) is 11.7 Å². The lowest BCUT2D eigenvalue weighted by Crippen LogP contribution is -2.17. The van der Waals surface area contributed by atoms with Crippen molar-refractivity contribution in [1.29, 1.82) is 0 Å². The lowest BCUT2D eigenvalue weighted by atomic mass is 9.96. The summed E-state index contributed by atoms with van der Waals surface area (Å²) in [5.41, 5.74) is 2.83. The molecule has 0 radical (unpaired) electrons. The Kier molecular flexibility index (Phi) is 4.91. The largest absolute Gasteiger partial charge is 0.311 e. The van der Waals surface area contributed by atoms with Gasteiger partial charge in [-0.05, 0) is 51.1 Å². The van der Waals surface area contributed by atoms with Gasteiger partial charge in [-0.15, -0.1) is 0 Å². The van der Waals surface area contributed by atoms with Crippen LogP contribution in [0.3, 0.4) is 0 Å². The van der Waals surface area contributed by atoms with Gasteiger partial charge in [-0.3, -0.25) is 4.68 Å². The van der Waals surface area contributed by atoms with E-state index in [1.807, 2.05) is 0 Å². The number of nitrogens with one attached hydrogen (secondary N) is 1. The quantitative estimate of drug-likeness (QED) is 0.627. The molecule has 3 rings (SSSR count). The van der Waals surface area contributed by atoms with E-state index in [9.17, 15) is 0 Å². The lowest BCUT2D eigenvalue weighted by Gasteiger charge is -2.21. The van der Waals surface area contributed by atoms with Crippen molar-refractivity contribution in [2.24, 2.45) is 0 Å². The monoisotopic (exact) mass is 273 g/mol. The average molecular weight is 273 g/mol. The standard InChI is InChI=1S/C17H27N3/c1-2-8-17(9-3-1)20-13-11-16(19-20)14-18-12-10-15-6-4-5-7-15/h6,11,13,17-18H,1-5,7-10,12,14H2. The number of nitrogens with zero attached hydrogens (tertiary/aromatic N) is 2. The molecule has 3 heteroatoms.